The lowest BCUT2D eigenvalue weighted by Crippen LogP contribution is -3.06. The highest BCUT2D eigenvalue weighted by atomic mass is 35.5. The third kappa shape index (κ3) is 51.4. The largest absolute Gasteiger partial charge is 1.00 e. The zero-order valence-corrected chi connectivity index (χ0v) is 43.5. The molecule has 0 bridgehead atoms. The van der Waals surface area contributed by atoms with Gasteiger partial charge in [0.1, 0.15) is 19.3 Å². The van der Waals surface area contributed by atoms with E-state index < -0.39 is 7.82 Å². The van der Waals surface area contributed by atoms with Gasteiger partial charge in [0.2, 0.25) is 0 Å². The molecule has 0 aromatic carbocycles. The Balaban J connectivity index is -0.00000116. The summed E-state index contributed by atoms with van der Waals surface area (Å²) in [5.74, 6) is -0.611. The highest BCUT2D eigenvalue weighted by molar-refractivity contribution is 7.48. The van der Waals surface area contributed by atoms with Crippen molar-refractivity contribution in [3.8, 4) is 0 Å². The Morgan fingerprint density at radius 3 is 1.44 bits per heavy atom. The molecule has 0 aliphatic rings. The summed E-state index contributed by atoms with van der Waals surface area (Å²) in [5.41, 5.74) is 0. The second-order valence-corrected chi connectivity index (χ2v) is 18.7. The van der Waals surface area contributed by atoms with Crippen molar-refractivity contribution >= 4 is 25.7 Å². The van der Waals surface area contributed by atoms with Crippen molar-refractivity contribution < 1.29 is 64.0 Å². The summed E-state index contributed by atoms with van der Waals surface area (Å²) >= 11 is 0. The zero-order valence-electron chi connectivity index (χ0n) is 41.8. The average Bonchev–Trinajstić information content (AvgIpc) is 3.24. The van der Waals surface area contributed by atoms with E-state index in [1.54, 1.807) is 6.92 Å². The first-order valence-corrected chi connectivity index (χ1v) is 26.9. The molecule has 1 atom stereocenters. The van der Waals surface area contributed by atoms with E-state index in [4.69, 9.17) is 23.0 Å². The molecule has 13 heteroatoms. The van der Waals surface area contributed by atoms with Crippen LogP contribution in [0.4, 0.5) is 0 Å². The number of quaternary nitrogens is 1. The number of methoxy groups -OCH3 is 1. The highest BCUT2D eigenvalue weighted by Crippen LogP contribution is 2.49. The lowest BCUT2D eigenvalue weighted by atomic mass is 10.0. The molecule has 0 saturated carbocycles. The van der Waals surface area contributed by atoms with Crippen LogP contribution in [0.15, 0.2) is 12.2 Å². The van der Waals surface area contributed by atoms with Crippen molar-refractivity contribution in [2.24, 2.45) is 0 Å². The van der Waals surface area contributed by atoms with Crippen molar-refractivity contribution in [1.82, 2.24) is 0 Å². The minimum absolute atomic E-state index is 0. The van der Waals surface area contributed by atoms with E-state index in [0.29, 0.717) is 38.8 Å². The lowest BCUT2D eigenvalue weighted by molar-refractivity contribution is -0.858. The van der Waals surface area contributed by atoms with Gasteiger partial charge in [-0.2, -0.15) is 0 Å². The average molecular weight is 941 g/mol. The van der Waals surface area contributed by atoms with Crippen molar-refractivity contribution in [3.05, 3.63) is 12.2 Å². The summed E-state index contributed by atoms with van der Waals surface area (Å²) in [4.78, 5) is 36.3. The predicted octanol–water partition coefficient (Wildman–Crippen LogP) is 10.0. The van der Waals surface area contributed by atoms with Gasteiger partial charge in [-0.1, -0.05) is 148 Å². The van der Waals surface area contributed by atoms with Gasteiger partial charge >= 0.3 is 25.7 Å². The molecule has 11 nitrogen and oxygen atoms in total. The molecule has 0 heterocycles. The van der Waals surface area contributed by atoms with E-state index in [0.717, 1.165) is 51.4 Å². The Morgan fingerprint density at radius 1 is 0.508 bits per heavy atom. The van der Waals surface area contributed by atoms with Gasteiger partial charge in [0.15, 0.2) is 0 Å². The monoisotopic (exact) mass is 940 g/mol. The van der Waals surface area contributed by atoms with Gasteiger partial charge in [-0.05, 0) is 71.1 Å². The van der Waals surface area contributed by atoms with Crippen molar-refractivity contribution in [1.29, 1.82) is 0 Å². The predicted molar refractivity (Wildman–Crippen MR) is 256 cm³/mol. The molecule has 1 N–H and O–H groups in total. The minimum Gasteiger partial charge on any atom is -1.00 e. The van der Waals surface area contributed by atoms with Crippen LogP contribution in [0.3, 0.4) is 0 Å². The Kier molecular flexibility index (Phi) is 53.8. The quantitative estimate of drug-likeness (QED) is 0.0207. The number of halogens is 1. The Labute approximate surface area is 394 Å². The van der Waals surface area contributed by atoms with E-state index >= 15 is 0 Å². The fraction of sp³-hybridized carbons (Fsp3) is 0.900. The number of allylic oxidation sites excluding steroid dienone is 2. The second-order valence-electron chi connectivity index (χ2n) is 17.1. The Hall–Kier alpha value is -1.49. The second kappa shape index (κ2) is 51.5. The van der Waals surface area contributed by atoms with E-state index in [2.05, 4.69) is 37.7 Å². The van der Waals surface area contributed by atoms with Crippen molar-refractivity contribution in [3.63, 3.8) is 0 Å². The SMILES string of the molecule is CCCCCCCC/C=C\CCCCCCCC(=O)OCCCOP(=O)(OCC)OCC[NH+](C)C.CCCCCCCCC(CCCCCCCC)OC(=O)CCCC(=O)OC.[Cl-]. The molecule has 0 spiro atoms. The van der Waals surface area contributed by atoms with Crippen LogP contribution in [-0.2, 0) is 46.7 Å². The number of hydrogen-bond acceptors (Lipinski definition) is 10. The normalized spacial score (nSPS) is 12.2. The Bertz CT molecular complexity index is 1060. The van der Waals surface area contributed by atoms with E-state index in [1.165, 1.54) is 134 Å². The first kappa shape index (κ1) is 65.8. The van der Waals surface area contributed by atoms with Crippen LogP contribution in [0.5, 0.6) is 0 Å². The van der Waals surface area contributed by atoms with Gasteiger partial charge in [0.05, 0.1) is 41.0 Å². The number of unbranched alkanes of at least 4 members (excludes halogenated alkanes) is 21. The lowest BCUT2D eigenvalue weighted by Gasteiger charge is -2.18. The standard InChI is InChI=1S/C27H54NO6P.C23H44O4.ClH/c1-5-7-8-9-10-11-12-13-14-15-16-17-18-19-20-22-27(29)31-24-21-25-33-35(30,32-6-2)34-26-23-28(3)4;1-4-6-8-10-12-14-17-21(18-15-13-11-9-7-5-2)27-23(25)20-16-19-22(24)26-3;/h13-14H,5-12,15-26H2,1-4H3;21H,4-20H2,1-3H3;1H/b14-13-;;. The zero-order chi connectivity index (χ0) is 46.2. The van der Waals surface area contributed by atoms with Gasteiger partial charge < -0.3 is 31.5 Å². The molecule has 0 aromatic rings. The van der Waals surface area contributed by atoms with Crippen LogP contribution in [-0.4, -0.2) is 78.2 Å². The first-order valence-electron chi connectivity index (χ1n) is 25.5. The molecule has 0 rings (SSSR count). The number of phosphoric acid groups is 1. The molecule has 376 valence electrons. The van der Waals surface area contributed by atoms with Crippen molar-refractivity contribution in [2.45, 2.75) is 239 Å². The van der Waals surface area contributed by atoms with E-state index in [9.17, 15) is 18.9 Å². The maximum atomic E-state index is 12.5. The molecule has 0 aliphatic heterocycles. The smallest absolute Gasteiger partial charge is 0.474 e. The van der Waals surface area contributed by atoms with Crippen LogP contribution in [0, 0.1) is 0 Å². The summed E-state index contributed by atoms with van der Waals surface area (Å²) in [6.45, 7) is 10.1. The van der Waals surface area contributed by atoms with Crippen LogP contribution < -0.4 is 17.3 Å². The fourth-order valence-corrected chi connectivity index (χ4v) is 7.96. The summed E-state index contributed by atoms with van der Waals surface area (Å²) in [5, 5.41) is 0. The third-order valence-electron chi connectivity index (χ3n) is 10.6. The number of ether oxygens (including phenoxy) is 3. The van der Waals surface area contributed by atoms with Crippen LogP contribution >= 0.6 is 7.82 Å². The number of phosphoric ester groups is 1. The highest BCUT2D eigenvalue weighted by Gasteiger charge is 2.26. The molecule has 1 unspecified atom stereocenters. The van der Waals surface area contributed by atoms with Gasteiger partial charge in [-0.15, -0.1) is 0 Å². The molecule has 63 heavy (non-hydrogen) atoms. The number of carbonyl (C=O) groups is 3. The third-order valence-corrected chi connectivity index (χ3v) is 12.2. The molecule has 0 aliphatic carbocycles. The minimum atomic E-state index is -3.54. The van der Waals surface area contributed by atoms with E-state index in [1.807, 2.05) is 14.1 Å². The topological polar surface area (TPSA) is 128 Å². The van der Waals surface area contributed by atoms with Crippen LogP contribution in [0.2, 0.25) is 0 Å². The summed E-state index contributed by atoms with van der Waals surface area (Å²) in [6.07, 6.45) is 39.8. The number of nitrogens with one attached hydrogen (secondary N) is 1. The molecule has 0 fully saturated rings. The van der Waals surface area contributed by atoms with Crippen molar-refractivity contribution in [2.75, 3.05) is 54.2 Å². The van der Waals surface area contributed by atoms with Crippen LogP contribution in [0.1, 0.15) is 233 Å². The summed E-state index contributed by atoms with van der Waals surface area (Å²) in [6, 6.07) is 0. The van der Waals surface area contributed by atoms with Gasteiger partial charge in [-0.25, -0.2) is 4.57 Å². The van der Waals surface area contributed by atoms with Gasteiger partial charge in [0.25, 0.3) is 0 Å². The maximum absolute atomic E-state index is 12.5. The molecule has 0 radical (unpaired) electrons. The molecule has 0 saturated heterocycles. The number of hydrogen-bond donors (Lipinski definition) is 1. The Morgan fingerprint density at radius 2 is 0.952 bits per heavy atom. The number of carbonyl (C=O) groups excluding carboxylic acids is 3. The van der Waals surface area contributed by atoms with Crippen LogP contribution in [0.25, 0.3) is 0 Å². The van der Waals surface area contributed by atoms with Gasteiger partial charge in [0, 0.05) is 25.7 Å². The maximum Gasteiger partial charge on any atom is 0.474 e. The molecule has 0 amide bonds. The summed E-state index contributed by atoms with van der Waals surface area (Å²) in [7, 11) is 1.80. The molecular weight excluding hydrogens is 841 g/mol. The van der Waals surface area contributed by atoms with E-state index in [-0.39, 0.29) is 62.7 Å². The number of rotatable bonds is 45. The first-order chi connectivity index (χ1) is 30.1. The fourth-order valence-electron chi connectivity index (χ4n) is 6.76. The number of likely N-dealkylation sites (N-methyl/N-ethyl adjacent to an activating group) is 1. The number of esters is 3. The molecule has 0 aromatic heterocycles. The summed E-state index contributed by atoms with van der Waals surface area (Å²) < 4.78 is 43.9. The van der Waals surface area contributed by atoms with Gasteiger partial charge in [-0.3, -0.25) is 28.0 Å². The molecular formula is C50H99ClNO10P.